The molecule has 0 aromatic carbocycles. The molecule has 1 aliphatic rings. The van der Waals surface area contributed by atoms with Crippen molar-refractivity contribution in [3.05, 3.63) is 0 Å². The van der Waals surface area contributed by atoms with Gasteiger partial charge in [-0.2, -0.15) is 0 Å². The smallest absolute Gasteiger partial charge is 0.178 e. The summed E-state index contributed by atoms with van der Waals surface area (Å²) in [6.07, 6.45) is 0. The zero-order chi connectivity index (χ0) is 7.40. The molecule has 0 saturated carbocycles. The number of thiocarbonyl (C=S) groups is 1. The molecule has 1 rings (SSSR count). The van der Waals surface area contributed by atoms with Crippen LogP contribution in [0.3, 0.4) is 0 Å². The van der Waals surface area contributed by atoms with E-state index in [9.17, 15) is 0 Å². The van der Waals surface area contributed by atoms with Crippen molar-refractivity contribution in [1.29, 1.82) is 0 Å². The first-order chi connectivity index (χ1) is 4.84. The van der Waals surface area contributed by atoms with Gasteiger partial charge in [0.2, 0.25) is 0 Å². The number of rotatable bonds is 0. The van der Waals surface area contributed by atoms with Crippen molar-refractivity contribution in [1.82, 2.24) is 14.9 Å². The number of thiol groups is 1. The lowest BCUT2D eigenvalue weighted by Gasteiger charge is -2.28. The standard InChI is InChI=1S/C5H11N3S2/c9-5(7-10)8-3-1-6-2-4-8/h6,10H,1-4H2,(H,7,9). The minimum Gasteiger partial charge on any atom is -0.346 e. The first kappa shape index (κ1) is 8.10. The van der Waals surface area contributed by atoms with Crippen molar-refractivity contribution < 1.29 is 0 Å². The van der Waals surface area contributed by atoms with E-state index in [4.69, 9.17) is 12.2 Å². The summed E-state index contributed by atoms with van der Waals surface area (Å²) in [5, 5.41) is 3.97. The van der Waals surface area contributed by atoms with Gasteiger partial charge in [-0.15, -0.1) is 0 Å². The molecular formula is C5H11N3S2. The van der Waals surface area contributed by atoms with Gasteiger partial charge >= 0.3 is 0 Å². The predicted molar refractivity (Wildman–Crippen MR) is 49.2 cm³/mol. The Morgan fingerprint density at radius 1 is 1.50 bits per heavy atom. The van der Waals surface area contributed by atoms with E-state index in [1.165, 1.54) is 0 Å². The molecule has 0 atom stereocenters. The van der Waals surface area contributed by atoms with Gasteiger partial charge in [-0.1, -0.05) is 12.8 Å². The van der Waals surface area contributed by atoms with E-state index in [2.05, 4.69) is 27.8 Å². The molecular weight excluding hydrogens is 166 g/mol. The lowest BCUT2D eigenvalue weighted by molar-refractivity contribution is 0.358. The maximum atomic E-state index is 4.99. The molecule has 1 aliphatic heterocycles. The van der Waals surface area contributed by atoms with Gasteiger partial charge in [0.15, 0.2) is 5.11 Å². The minimum atomic E-state index is 0.727. The molecule has 0 bridgehead atoms. The average molecular weight is 177 g/mol. The van der Waals surface area contributed by atoms with Crippen LogP contribution in [-0.4, -0.2) is 36.2 Å². The van der Waals surface area contributed by atoms with Crippen molar-refractivity contribution in [3.63, 3.8) is 0 Å². The second-order valence-corrected chi connectivity index (χ2v) is 2.76. The molecule has 2 N–H and O–H groups in total. The van der Waals surface area contributed by atoms with Crippen molar-refractivity contribution in [2.45, 2.75) is 0 Å². The van der Waals surface area contributed by atoms with E-state index < -0.39 is 0 Å². The Morgan fingerprint density at radius 2 is 2.10 bits per heavy atom. The average Bonchev–Trinajstić information content (AvgIpc) is 2.05. The highest BCUT2D eigenvalue weighted by atomic mass is 32.1. The molecule has 3 nitrogen and oxygen atoms in total. The van der Waals surface area contributed by atoms with Crippen LogP contribution in [0.5, 0.6) is 0 Å². The molecule has 58 valence electrons. The number of nitrogens with one attached hydrogen (secondary N) is 2. The largest absolute Gasteiger partial charge is 0.346 e. The fourth-order valence-corrected chi connectivity index (χ4v) is 1.26. The molecule has 0 amide bonds. The molecule has 0 aromatic rings. The van der Waals surface area contributed by atoms with Gasteiger partial charge in [-0.3, -0.25) is 0 Å². The summed E-state index contributed by atoms with van der Waals surface area (Å²) in [5.74, 6) is 0. The van der Waals surface area contributed by atoms with E-state index in [0.29, 0.717) is 0 Å². The van der Waals surface area contributed by atoms with Crippen LogP contribution in [0.25, 0.3) is 0 Å². The van der Waals surface area contributed by atoms with Crippen molar-refractivity contribution in [2.75, 3.05) is 26.2 Å². The van der Waals surface area contributed by atoms with Crippen LogP contribution in [0.4, 0.5) is 0 Å². The summed E-state index contributed by atoms with van der Waals surface area (Å²) in [5.41, 5.74) is 0. The minimum absolute atomic E-state index is 0.727. The summed E-state index contributed by atoms with van der Waals surface area (Å²) in [6.45, 7) is 3.98. The van der Waals surface area contributed by atoms with Crippen molar-refractivity contribution in [3.8, 4) is 0 Å². The molecule has 0 aliphatic carbocycles. The Morgan fingerprint density at radius 3 is 2.60 bits per heavy atom. The molecule has 5 heteroatoms. The summed E-state index contributed by atoms with van der Waals surface area (Å²) in [4.78, 5) is 2.10. The Balaban J connectivity index is 2.31. The predicted octanol–water partition coefficient (Wildman–Crippen LogP) is -0.389. The highest BCUT2D eigenvalue weighted by molar-refractivity contribution is 7.84. The van der Waals surface area contributed by atoms with Crippen LogP contribution in [-0.2, 0) is 0 Å². The molecule has 0 unspecified atom stereocenters. The van der Waals surface area contributed by atoms with Gasteiger partial charge < -0.3 is 14.9 Å². The highest BCUT2D eigenvalue weighted by Crippen LogP contribution is 1.92. The number of hydrogen-bond acceptors (Lipinski definition) is 3. The van der Waals surface area contributed by atoms with Crippen molar-refractivity contribution in [2.24, 2.45) is 0 Å². The lowest BCUT2D eigenvalue weighted by atomic mass is 10.4. The number of piperazine rings is 1. The second kappa shape index (κ2) is 4.00. The summed E-state index contributed by atoms with van der Waals surface area (Å²) >= 11 is 8.86. The molecule has 1 fully saturated rings. The van der Waals surface area contributed by atoms with Crippen LogP contribution in [0.15, 0.2) is 0 Å². The van der Waals surface area contributed by atoms with Crippen LogP contribution in [0, 0.1) is 0 Å². The summed E-state index contributed by atoms with van der Waals surface area (Å²) in [7, 11) is 0. The zero-order valence-electron chi connectivity index (χ0n) is 5.63. The normalized spacial score (nSPS) is 18.7. The third kappa shape index (κ3) is 2.00. The monoisotopic (exact) mass is 177 g/mol. The van der Waals surface area contributed by atoms with E-state index in [0.717, 1.165) is 31.3 Å². The third-order valence-electron chi connectivity index (χ3n) is 1.50. The quantitative estimate of drug-likeness (QED) is 0.347. The van der Waals surface area contributed by atoms with Crippen LogP contribution >= 0.6 is 25.0 Å². The van der Waals surface area contributed by atoms with Gasteiger partial charge in [0.1, 0.15) is 0 Å². The van der Waals surface area contributed by atoms with E-state index in [-0.39, 0.29) is 0 Å². The topological polar surface area (TPSA) is 27.3 Å². The van der Waals surface area contributed by atoms with Gasteiger partial charge in [0, 0.05) is 26.2 Å². The van der Waals surface area contributed by atoms with Crippen LogP contribution in [0.1, 0.15) is 0 Å². The van der Waals surface area contributed by atoms with Gasteiger partial charge in [0.25, 0.3) is 0 Å². The molecule has 0 spiro atoms. The fraction of sp³-hybridized carbons (Fsp3) is 0.800. The lowest BCUT2D eigenvalue weighted by Crippen LogP contribution is -2.48. The van der Waals surface area contributed by atoms with Gasteiger partial charge in [0.05, 0.1) is 0 Å². The van der Waals surface area contributed by atoms with Gasteiger partial charge in [-0.05, 0) is 12.2 Å². The van der Waals surface area contributed by atoms with E-state index in [1.807, 2.05) is 0 Å². The maximum absolute atomic E-state index is 4.99. The van der Waals surface area contributed by atoms with E-state index >= 15 is 0 Å². The fourth-order valence-electron chi connectivity index (χ4n) is 0.939. The molecule has 0 aromatic heterocycles. The third-order valence-corrected chi connectivity index (χ3v) is 2.22. The van der Waals surface area contributed by atoms with Crippen molar-refractivity contribution >= 4 is 30.1 Å². The Kier molecular flexibility index (Phi) is 3.24. The Labute approximate surface area is 71.7 Å². The maximum Gasteiger partial charge on any atom is 0.178 e. The van der Waals surface area contributed by atoms with Crippen LogP contribution in [0.2, 0.25) is 0 Å². The zero-order valence-corrected chi connectivity index (χ0v) is 7.34. The Hall–Kier alpha value is -0.0000000000000000486. The van der Waals surface area contributed by atoms with Crippen LogP contribution < -0.4 is 10.0 Å². The molecule has 1 heterocycles. The number of hydrogen-bond donors (Lipinski definition) is 3. The first-order valence-corrected chi connectivity index (χ1v) is 4.10. The first-order valence-electron chi connectivity index (χ1n) is 3.24. The van der Waals surface area contributed by atoms with Gasteiger partial charge in [-0.25, -0.2) is 0 Å². The Bertz CT molecular complexity index is 122. The second-order valence-electron chi connectivity index (χ2n) is 2.15. The SMILES string of the molecule is S=C(NS)N1CCNCC1. The summed E-state index contributed by atoms with van der Waals surface area (Å²) < 4.78 is 2.66. The number of nitrogens with zero attached hydrogens (tertiary/aromatic N) is 1. The molecule has 1 saturated heterocycles. The summed E-state index contributed by atoms with van der Waals surface area (Å²) in [6, 6.07) is 0. The van der Waals surface area contributed by atoms with E-state index in [1.54, 1.807) is 0 Å². The molecule has 0 radical (unpaired) electrons. The highest BCUT2D eigenvalue weighted by Gasteiger charge is 2.10. The molecule has 10 heavy (non-hydrogen) atoms.